The maximum Gasteiger partial charge on any atom is 0.336 e. The summed E-state index contributed by atoms with van der Waals surface area (Å²) in [5, 5.41) is 0.863. The van der Waals surface area contributed by atoms with Crippen molar-refractivity contribution >= 4 is 16.8 Å². The third kappa shape index (κ3) is 3.02. The van der Waals surface area contributed by atoms with Crippen molar-refractivity contribution in [2.24, 2.45) is 5.92 Å². The fourth-order valence-electron chi connectivity index (χ4n) is 1.72. The van der Waals surface area contributed by atoms with Gasteiger partial charge in [-0.2, -0.15) is 0 Å². The summed E-state index contributed by atoms with van der Waals surface area (Å²) >= 11 is 0. The first-order chi connectivity index (χ1) is 8.97. The third-order valence-electron chi connectivity index (χ3n) is 2.95. The molecule has 0 fully saturated rings. The van der Waals surface area contributed by atoms with Crippen molar-refractivity contribution < 1.29 is 13.9 Å². The summed E-state index contributed by atoms with van der Waals surface area (Å²) in [6, 6.07) is 6.67. The van der Waals surface area contributed by atoms with Crippen molar-refractivity contribution in [2.45, 2.75) is 20.8 Å². The molecule has 0 N–H and O–H groups in total. The number of benzene rings is 1. The summed E-state index contributed by atoms with van der Waals surface area (Å²) in [5.41, 5.74) is 0.941. The van der Waals surface area contributed by atoms with Gasteiger partial charge in [-0.05, 0) is 24.6 Å². The minimum Gasteiger partial charge on any atom is -0.486 e. The fraction of sp³-hybridized carbons (Fsp3) is 0.333. The second kappa shape index (κ2) is 5.26. The number of hydrogen-bond donors (Lipinski definition) is 0. The molecule has 1 aromatic carbocycles. The van der Waals surface area contributed by atoms with Gasteiger partial charge in [0.2, 0.25) is 0 Å². The molecule has 0 saturated heterocycles. The van der Waals surface area contributed by atoms with Crippen molar-refractivity contribution in [2.75, 3.05) is 6.61 Å². The van der Waals surface area contributed by atoms with Crippen molar-refractivity contribution in [3.8, 4) is 5.75 Å². The smallest absolute Gasteiger partial charge is 0.336 e. The largest absolute Gasteiger partial charge is 0.486 e. The van der Waals surface area contributed by atoms with Crippen LogP contribution in [0, 0.1) is 12.8 Å². The molecule has 0 atom stereocenters. The van der Waals surface area contributed by atoms with E-state index in [1.807, 2.05) is 26.8 Å². The molecule has 0 spiro atoms. The number of Topliss-reactive ketones (excluding diaryl/α,β-unsaturated/α-hetero) is 1. The van der Waals surface area contributed by atoms with Gasteiger partial charge in [-0.25, -0.2) is 4.79 Å². The monoisotopic (exact) mass is 260 g/mol. The number of ketones is 1. The number of carbonyl (C=O) groups is 1. The minimum atomic E-state index is -0.389. The van der Waals surface area contributed by atoms with Crippen molar-refractivity contribution in [1.29, 1.82) is 0 Å². The molecule has 0 unspecified atom stereocenters. The molecule has 1 aromatic heterocycles. The predicted molar refractivity (Wildman–Crippen MR) is 72.6 cm³/mol. The maximum absolute atomic E-state index is 11.5. The Morgan fingerprint density at radius 2 is 2.05 bits per heavy atom. The van der Waals surface area contributed by atoms with Gasteiger partial charge in [0.1, 0.15) is 17.9 Å². The molecular weight excluding hydrogens is 244 g/mol. The first kappa shape index (κ1) is 13.3. The van der Waals surface area contributed by atoms with Gasteiger partial charge >= 0.3 is 5.63 Å². The third-order valence-corrected chi connectivity index (χ3v) is 2.95. The zero-order valence-electron chi connectivity index (χ0n) is 11.2. The van der Waals surface area contributed by atoms with E-state index in [1.165, 1.54) is 6.07 Å². The van der Waals surface area contributed by atoms with Crippen LogP contribution in [-0.2, 0) is 4.79 Å². The molecule has 1 heterocycles. The SMILES string of the molecule is Cc1cc(=O)oc2cc(OCC(=O)C(C)C)ccc12. The van der Waals surface area contributed by atoms with E-state index >= 15 is 0 Å². The van der Waals surface area contributed by atoms with E-state index in [1.54, 1.807) is 12.1 Å². The summed E-state index contributed by atoms with van der Waals surface area (Å²) in [6.45, 7) is 5.53. The molecule has 19 heavy (non-hydrogen) atoms. The minimum absolute atomic E-state index is 0.0270. The number of ether oxygens (including phenoxy) is 1. The Morgan fingerprint density at radius 1 is 1.32 bits per heavy atom. The van der Waals surface area contributed by atoms with Crippen LogP contribution in [-0.4, -0.2) is 12.4 Å². The topological polar surface area (TPSA) is 56.5 Å². The summed E-state index contributed by atoms with van der Waals surface area (Å²) in [6.07, 6.45) is 0. The molecule has 0 aliphatic heterocycles. The molecule has 0 aliphatic carbocycles. The van der Waals surface area contributed by atoms with Crippen molar-refractivity contribution in [3.63, 3.8) is 0 Å². The summed E-state index contributed by atoms with van der Waals surface area (Å²) < 4.78 is 10.5. The number of rotatable bonds is 4. The highest BCUT2D eigenvalue weighted by Crippen LogP contribution is 2.22. The molecule has 4 heteroatoms. The summed E-state index contributed by atoms with van der Waals surface area (Å²) in [4.78, 5) is 22.8. The quantitative estimate of drug-likeness (QED) is 0.793. The van der Waals surface area contributed by atoms with E-state index in [0.29, 0.717) is 11.3 Å². The molecule has 0 radical (unpaired) electrons. The Morgan fingerprint density at radius 3 is 2.74 bits per heavy atom. The molecule has 0 bridgehead atoms. The summed E-state index contributed by atoms with van der Waals surface area (Å²) in [5.74, 6) is 0.502. The van der Waals surface area contributed by atoms with Gasteiger partial charge in [-0.15, -0.1) is 0 Å². The number of fused-ring (bicyclic) bond motifs is 1. The number of aryl methyl sites for hydroxylation is 1. The number of carbonyl (C=O) groups excluding carboxylic acids is 1. The van der Waals surface area contributed by atoms with Crippen LogP contribution in [0.15, 0.2) is 33.5 Å². The Kier molecular flexibility index (Phi) is 3.69. The van der Waals surface area contributed by atoms with Gasteiger partial charge in [-0.1, -0.05) is 13.8 Å². The lowest BCUT2D eigenvalue weighted by Crippen LogP contribution is -2.16. The highest BCUT2D eigenvalue weighted by atomic mass is 16.5. The fourth-order valence-corrected chi connectivity index (χ4v) is 1.72. The first-order valence-corrected chi connectivity index (χ1v) is 6.17. The Hall–Kier alpha value is -2.10. The van der Waals surface area contributed by atoms with Crippen LogP contribution in [0.3, 0.4) is 0 Å². The van der Waals surface area contributed by atoms with E-state index in [4.69, 9.17) is 9.15 Å². The van der Waals surface area contributed by atoms with E-state index in [2.05, 4.69) is 0 Å². The van der Waals surface area contributed by atoms with Crippen LogP contribution < -0.4 is 10.4 Å². The van der Waals surface area contributed by atoms with Crippen LogP contribution >= 0.6 is 0 Å². The molecule has 0 aliphatic rings. The lowest BCUT2D eigenvalue weighted by Gasteiger charge is -2.08. The van der Waals surface area contributed by atoms with E-state index < -0.39 is 0 Å². The lowest BCUT2D eigenvalue weighted by atomic mass is 10.1. The number of hydrogen-bond acceptors (Lipinski definition) is 4. The van der Waals surface area contributed by atoms with Crippen LogP contribution in [0.1, 0.15) is 19.4 Å². The predicted octanol–water partition coefficient (Wildman–Crippen LogP) is 2.71. The molecule has 4 nitrogen and oxygen atoms in total. The van der Waals surface area contributed by atoms with Gasteiger partial charge in [0.25, 0.3) is 0 Å². The molecule has 100 valence electrons. The Balaban J connectivity index is 2.27. The van der Waals surface area contributed by atoms with E-state index in [-0.39, 0.29) is 23.9 Å². The zero-order valence-corrected chi connectivity index (χ0v) is 11.2. The van der Waals surface area contributed by atoms with Crippen molar-refractivity contribution in [1.82, 2.24) is 0 Å². The van der Waals surface area contributed by atoms with Gasteiger partial charge in [0.05, 0.1) is 0 Å². The van der Waals surface area contributed by atoms with Crippen LogP contribution in [0.25, 0.3) is 11.0 Å². The average molecular weight is 260 g/mol. The maximum atomic E-state index is 11.5. The van der Waals surface area contributed by atoms with E-state index in [9.17, 15) is 9.59 Å². The Labute approximate surface area is 111 Å². The highest BCUT2D eigenvalue weighted by Gasteiger charge is 2.09. The average Bonchev–Trinajstić information content (AvgIpc) is 2.35. The summed E-state index contributed by atoms with van der Waals surface area (Å²) in [7, 11) is 0. The highest BCUT2D eigenvalue weighted by molar-refractivity contribution is 5.83. The molecule has 0 amide bonds. The molecule has 2 aromatic rings. The van der Waals surface area contributed by atoms with E-state index in [0.717, 1.165) is 10.9 Å². The molecule has 2 rings (SSSR count). The second-order valence-corrected chi connectivity index (χ2v) is 4.82. The lowest BCUT2D eigenvalue weighted by molar-refractivity contribution is -0.123. The van der Waals surface area contributed by atoms with Gasteiger partial charge in [0, 0.05) is 23.4 Å². The molecule has 0 saturated carbocycles. The van der Waals surface area contributed by atoms with Gasteiger partial charge < -0.3 is 9.15 Å². The Bertz CT molecular complexity index is 667. The van der Waals surface area contributed by atoms with Crippen molar-refractivity contribution in [3.05, 3.63) is 40.2 Å². The zero-order chi connectivity index (χ0) is 14.0. The van der Waals surface area contributed by atoms with Crippen LogP contribution in [0.5, 0.6) is 5.75 Å². The molecular formula is C15H16O4. The van der Waals surface area contributed by atoms with Crippen LogP contribution in [0.4, 0.5) is 0 Å². The van der Waals surface area contributed by atoms with Gasteiger partial charge in [-0.3, -0.25) is 4.79 Å². The van der Waals surface area contributed by atoms with Crippen LogP contribution in [0.2, 0.25) is 0 Å². The first-order valence-electron chi connectivity index (χ1n) is 6.17. The second-order valence-electron chi connectivity index (χ2n) is 4.82. The normalized spacial score (nSPS) is 10.9. The standard InChI is InChI=1S/C15H16O4/c1-9(2)13(16)8-18-11-4-5-12-10(3)6-15(17)19-14(12)7-11/h4-7,9H,8H2,1-3H3. The van der Waals surface area contributed by atoms with Gasteiger partial charge in [0.15, 0.2) is 5.78 Å².